The van der Waals surface area contributed by atoms with Gasteiger partial charge in [-0.25, -0.2) is 0 Å². The Morgan fingerprint density at radius 3 is 2.47 bits per heavy atom. The van der Waals surface area contributed by atoms with Crippen LogP contribution >= 0.6 is 0 Å². The third-order valence-corrected chi connectivity index (χ3v) is 2.69. The molecule has 1 N–H and O–H groups in total. The van der Waals surface area contributed by atoms with Gasteiger partial charge in [0.05, 0.1) is 6.54 Å². The summed E-state index contributed by atoms with van der Waals surface area (Å²) in [7, 11) is 3.49. The summed E-state index contributed by atoms with van der Waals surface area (Å²) in [5, 5.41) is 9.68. The van der Waals surface area contributed by atoms with Crippen molar-refractivity contribution in [2.24, 2.45) is 0 Å². The largest absolute Gasteiger partial charge is 0.508 e. The number of carbonyl (C=O) groups is 1. The molecular formula is C13H20N2O2. The van der Waals surface area contributed by atoms with Crippen LogP contribution in [-0.4, -0.2) is 48.0 Å². The molecule has 0 radical (unpaired) electrons. The Morgan fingerprint density at radius 2 is 1.94 bits per heavy atom. The van der Waals surface area contributed by atoms with E-state index >= 15 is 0 Å². The van der Waals surface area contributed by atoms with Crippen LogP contribution in [0.15, 0.2) is 24.3 Å². The molecule has 0 bridgehead atoms. The molecule has 0 spiro atoms. The lowest BCUT2D eigenvalue weighted by atomic mass is 10.2. The van der Waals surface area contributed by atoms with E-state index in [0.29, 0.717) is 13.1 Å². The molecule has 1 aromatic rings. The minimum atomic E-state index is 0.0715. The van der Waals surface area contributed by atoms with Crippen molar-refractivity contribution in [2.45, 2.75) is 13.5 Å². The molecule has 0 heterocycles. The van der Waals surface area contributed by atoms with Gasteiger partial charge in [-0.2, -0.15) is 0 Å². The molecule has 0 saturated carbocycles. The van der Waals surface area contributed by atoms with E-state index in [9.17, 15) is 9.90 Å². The summed E-state index contributed by atoms with van der Waals surface area (Å²) in [6, 6.07) is 7.21. The van der Waals surface area contributed by atoms with E-state index in [0.717, 1.165) is 12.1 Å². The standard InChI is InChI=1S/C13H20N2O2/c1-4-15(10-13(17)14(2)3)9-11-7-5-6-8-12(11)16/h5-8,16H,4,9-10H2,1-3H3. The van der Waals surface area contributed by atoms with Crippen LogP contribution in [0.25, 0.3) is 0 Å². The first-order chi connectivity index (χ1) is 8.04. The molecule has 17 heavy (non-hydrogen) atoms. The molecule has 0 atom stereocenters. The van der Waals surface area contributed by atoms with Crippen LogP contribution in [0.3, 0.4) is 0 Å². The number of hydrogen-bond acceptors (Lipinski definition) is 3. The number of carbonyl (C=O) groups excluding carboxylic acids is 1. The Morgan fingerprint density at radius 1 is 1.29 bits per heavy atom. The van der Waals surface area contributed by atoms with Crippen molar-refractivity contribution in [1.82, 2.24) is 9.80 Å². The minimum absolute atomic E-state index is 0.0715. The number of rotatable bonds is 5. The topological polar surface area (TPSA) is 43.8 Å². The van der Waals surface area contributed by atoms with Crippen molar-refractivity contribution in [2.75, 3.05) is 27.2 Å². The lowest BCUT2D eigenvalue weighted by molar-refractivity contribution is -0.130. The highest BCUT2D eigenvalue weighted by Gasteiger charge is 2.12. The van der Waals surface area contributed by atoms with Crippen LogP contribution in [0.5, 0.6) is 5.75 Å². The molecule has 0 aliphatic heterocycles. The zero-order valence-electron chi connectivity index (χ0n) is 10.7. The molecule has 0 aliphatic carbocycles. The average molecular weight is 236 g/mol. The fourth-order valence-electron chi connectivity index (χ4n) is 1.50. The fourth-order valence-corrected chi connectivity index (χ4v) is 1.50. The SMILES string of the molecule is CCN(CC(=O)N(C)C)Cc1ccccc1O. The molecular weight excluding hydrogens is 216 g/mol. The summed E-state index contributed by atoms with van der Waals surface area (Å²) >= 11 is 0. The molecule has 0 saturated heterocycles. The maximum Gasteiger partial charge on any atom is 0.236 e. The van der Waals surface area contributed by atoms with Gasteiger partial charge < -0.3 is 10.0 Å². The second-order valence-corrected chi connectivity index (χ2v) is 4.22. The highest BCUT2D eigenvalue weighted by Crippen LogP contribution is 2.17. The summed E-state index contributed by atoms with van der Waals surface area (Å²) in [6.07, 6.45) is 0. The van der Waals surface area contributed by atoms with Crippen LogP contribution in [0.2, 0.25) is 0 Å². The number of amides is 1. The fraction of sp³-hybridized carbons (Fsp3) is 0.462. The van der Waals surface area contributed by atoms with Gasteiger partial charge in [-0.05, 0) is 12.6 Å². The molecule has 1 rings (SSSR count). The molecule has 94 valence electrons. The summed E-state index contributed by atoms with van der Waals surface area (Å²) in [5.41, 5.74) is 0.848. The Kier molecular flexibility index (Phi) is 4.97. The Bertz CT molecular complexity index is 377. The zero-order chi connectivity index (χ0) is 12.8. The maximum atomic E-state index is 11.6. The van der Waals surface area contributed by atoms with Gasteiger partial charge in [0.1, 0.15) is 5.75 Å². The number of likely N-dealkylation sites (N-methyl/N-ethyl adjacent to an activating group) is 2. The van der Waals surface area contributed by atoms with E-state index in [2.05, 4.69) is 0 Å². The van der Waals surface area contributed by atoms with Gasteiger partial charge in [0.15, 0.2) is 0 Å². The Labute approximate surface area is 102 Å². The normalized spacial score (nSPS) is 10.6. The Hall–Kier alpha value is -1.55. The third-order valence-electron chi connectivity index (χ3n) is 2.69. The number of nitrogens with zero attached hydrogens (tertiary/aromatic N) is 2. The van der Waals surface area contributed by atoms with Gasteiger partial charge in [-0.3, -0.25) is 9.69 Å². The summed E-state index contributed by atoms with van der Waals surface area (Å²) in [4.78, 5) is 15.2. The lowest BCUT2D eigenvalue weighted by Gasteiger charge is -2.22. The van der Waals surface area contributed by atoms with Crippen molar-refractivity contribution in [3.63, 3.8) is 0 Å². The maximum absolute atomic E-state index is 11.6. The number of aromatic hydroxyl groups is 1. The lowest BCUT2D eigenvalue weighted by Crippen LogP contribution is -2.36. The monoisotopic (exact) mass is 236 g/mol. The highest BCUT2D eigenvalue weighted by molar-refractivity contribution is 5.77. The van der Waals surface area contributed by atoms with E-state index in [1.54, 1.807) is 31.1 Å². The van der Waals surface area contributed by atoms with Gasteiger partial charge in [0, 0.05) is 26.2 Å². The number of phenols is 1. The van der Waals surface area contributed by atoms with Crippen molar-refractivity contribution < 1.29 is 9.90 Å². The van der Waals surface area contributed by atoms with Crippen LogP contribution < -0.4 is 0 Å². The van der Waals surface area contributed by atoms with Gasteiger partial charge in [0.25, 0.3) is 0 Å². The first kappa shape index (κ1) is 13.5. The first-order valence-electron chi connectivity index (χ1n) is 5.74. The number of para-hydroxylation sites is 1. The van der Waals surface area contributed by atoms with Crippen LogP contribution in [0.1, 0.15) is 12.5 Å². The summed E-state index contributed by atoms with van der Waals surface area (Å²) in [5.74, 6) is 0.352. The van der Waals surface area contributed by atoms with Crippen molar-refractivity contribution >= 4 is 5.91 Å². The van der Waals surface area contributed by atoms with Crippen molar-refractivity contribution in [1.29, 1.82) is 0 Å². The van der Waals surface area contributed by atoms with Gasteiger partial charge in [0.2, 0.25) is 5.91 Å². The van der Waals surface area contributed by atoms with E-state index in [4.69, 9.17) is 0 Å². The zero-order valence-corrected chi connectivity index (χ0v) is 10.7. The molecule has 1 aromatic carbocycles. The summed E-state index contributed by atoms with van der Waals surface area (Å²) in [6.45, 7) is 3.73. The quantitative estimate of drug-likeness (QED) is 0.838. The average Bonchev–Trinajstić information content (AvgIpc) is 2.30. The van der Waals surface area contributed by atoms with Crippen molar-refractivity contribution in [3.8, 4) is 5.75 Å². The molecule has 4 nitrogen and oxygen atoms in total. The predicted molar refractivity (Wildman–Crippen MR) is 67.8 cm³/mol. The molecule has 1 amide bonds. The number of phenolic OH excluding ortho intramolecular Hbond substituents is 1. The second-order valence-electron chi connectivity index (χ2n) is 4.22. The molecule has 0 unspecified atom stereocenters. The van der Waals surface area contributed by atoms with Gasteiger partial charge >= 0.3 is 0 Å². The second kappa shape index (κ2) is 6.25. The van der Waals surface area contributed by atoms with Gasteiger partial charge in [-0.15, -0.1) is 0 Å². The smallest absolute Gasteiger partial charge is 0.236 e. The summed E-state index contributed by atoms with van der Waals surface area (Å²) < 4.78 is 0. The van der Waals surface area contributed by atoms with Crippen LogP contribution in [0, 0.1) is 0 Å². The number of hydrogen-bond donors (Lipinski definition) is 1. The molecule has 0 fully saturated rings. The Balaban J connectivity index is 2.64. The van der Waals surface area contributed by atoms with Gasteiger partial charge in [-0.1, -0.05) is 25.1 Å². The first-order valence-corrected chi connectivity index (χ1v) is 5.74. The predicted octanol–water partition coefficient (Wildman–Crippen LogP) is 1.30. The molecule has 4 heteroatoms. The van der Waals surface area contributed by atoms with E-state index in [1.165, 1.54) is 0 Å². The van der Waals surface area contributed by atoms with E-state index in [-0.39, 0.29) is 11.7 Å². The number of benzene rings is 1. The highest BCUT2D eigenvalue weighted by atomic mass is 16.3. The third kappa shape index (κ3) is 4.07. The minimum Gasteiger partial charge on any atom is -0.508 e. The molecule has 0 aliphatic rings. The van der Waals surface area contributed by atoms with Crippen molar-refractivity contribution in [3.05, 3.63) is 29.8 Å². The van der Waals surface area contributed by atoms with Crippen LogP contribution in [0.4, 0.5) is 0 Å². The van der Waals surface area contributed by atoms with E-state index < -0.39 is 0 Å². The molecule has 0 aromatic heterocycles. The van der Waals surface area contributed by atoms with E-state index in [1.807, 2.05) is 24.0 Å². The van der Waals surface area contributed by atoms with Crippen LogP contribution in [-0.2, 0) is 11.3 Å².